The Bertz CT molecular complexity index is 2140. The summed E-state index contributed by atoms with van der Waals surface area (Å²) >= 11 is 0. The van der Waals surface area contributed by atoms with Crippen LogP contribution in [0.3, 0.4) is 0 Å². The molecule has 6 aromatic carbocycles. The largest absolute Gasteiger partial charge is 0.233 e. The molecule has 0 spiro atoms. The molecule has 0 unspecified atom stereocenters. The maximum Gasteiger partial charge on any atom is 0.129 e. The zero-order valence-electron chi connectivity index (χ0n) is 23.6. The molecule has 3 heteroatoms. The lowest BCUT2D eigenvalue weighted by Gasteiger charge is -2.21. The number of hydrogen-bond acceptors (Lipinski definition) is 2. The van der Waals surface area contributed by atoms with Crippen LogP contribution in [0.4, 0.5) is 0 Å². The van der Waals surface area contributed by atoms with Gasteiger partial charge in [0, 0.05) is 12.0 Å². The quantitative estimate of drug-likeness (QED) is 0.165. The normalized spacial score (nSPS) is 13.5. The summed E-state index contributed by atoms with van der Waals surface area (Å²) in [6.07, 6.45) is 0.815. The second-order valence-corrected chi connectivity index (χ2v) is 16.0. The molecule has 0 saturated carbocycles. The van der Waals surface area contributed by atoms with Crippen LogP contribution in [-0.4, -0.2) is 18.0 Å². The summed E-state index contributed by atoms with van der Waals surface area (Å²) in [6, 6.07) is 42.3. The summed E-state index contributed by atoms with van der Waals surface area (Å²) < 4.78 is 0. The van der Waals surface area contributed by atoms with E-state index in [1.54, 1.807) is 0 Å². The van der Waals surface area contributed by atoms with E-state index in [0.717, 1.165) is 23.6 Å². The van der Waals surface area contributed by atoms with Crippen LogP contribution in [0.5, 0.6) is 0 Å². The Hall–Kier alpha value is -4.60. The minimum absolute atomic E-state index is 0.815. The molecule has 0 fully saturated rings. The SMILES string of the molecule is CCc1nc(-c2cccc(-c3ccc4c5ccccc5c5ccccc5c4c3)c2)c2c(n1)-c1ccccc1[Si]2(C)C. The molecule has 0 atom stereocenters. The molecule has 196 valence electrons. The summed E-state index contributed by atoms with van der Waals surface area (Å²) in [5, 5.41) is 10.6. The van der Waals surface area contributed by atoms with Gasteiger partial charge in [0.1, 0.15) is 13.9 Å². The molecule has 0 N–H and O–H groups in total. The van der Waals surface area contributed by atoms with Crippen molar-refractivity contribution < 1.29 is 0 Å². The zero-order chi connectivity index (χ0) is 27.7. The third kappa shape index (κ3) is 3.55. The van der Waals surface area contributed by atoms with Crippen LogP contribution in [0.1, 0.15) is 12.7 Å². The molecule has 1 aromatic heterocycles. The molecule has 8 rings (SSSR count). The zero-order valence-corrected chi connectivity index (χ0v) is 24.6. The fraction of sp³-hybridized carbons (Fsp3) is 0.105. The highest BCUT2D eigenvalue weighted by Gasteiger charge is 2.41. The molecule has 0 aliphatic carbocycles. The predicted molar refractivity (Wildman–Crippen MR) is 177 cm³/mol. The van der Waals surface area contributed by atoms with E-state index in [1.807, 2.05) is 0 Å². The van der Waals surface area contributed by atoms with Gasteiger partial charge in [-0.1, -0.05) is 123 Å². The summed E-state index contributed by atoms with van der Waals surface area (Å²) in [5.74, 6) is 0.912. The third-order valence-electron chi connectivity index (χ3n) is 8.97. The van der Waals surface area contributed by atoms with Crippen molar-refractivity contribution in [3.8, 4) is 33.6 Å². The van der Waals surface area contributed by atoms with Crippen molar-refractivity contribution in [3.63, 3.8) is 0 Å². The van der Waals surface area contributed by atoms with Crippen LogP contribution in [0.25, 0.3) is 66.0 Å². The van der Waals surface area contributed by atoms with Gasteiger partial charge in [-0.3, -0.25) is 0 Å². The first-order chi connectivity index (χ1) is 20.0. The van der Waals surface area contributed by atoms with E-state index >= 15 is 0 Å². The van der Waals surface area contributed by atoms with Gasteiger partial charge in [0.25, 0.3) is 0 Å². The Morgan fingerprint density at radius 3 is 1.78 bits per heavy atom. The van der Waals surface area contributed by atoms with E-state index in [9.17, 15) is 0 Å². The van der Waals surface area contributed by atoms with Crippen molar-refractivity contribution >= 4 is 50.8 Å². The third-order valence-corrected chi connectivity index (χ3v) is 12.5. The molecule has 1 aliphatic heterocycles. The smallest absolute Gasteiger partial charge is 0.129 e. The topological polar surface area (TPSA) is 25.8 Å². The first-order valence-corrected chi connectivity index (χ1v) is 17.5. The minimum Gasteiger partial charge on any atom is -0.233 e. The van der Waals surface area contributed by atoms with Crippen LogP contribution in [0.2, 0.25) is 13.1 Å². The van der Waals surface area contributed by atoms with Crippen molar-refractivity contribution in [2.24, 2.45) is 0 Å². The lowest BCUT2D eigenvalue weighted by atomic mass is 9.91. The van der Waals surface area contributed by atoms with Gasteiger partial charge in [0.2, 0.25) is 0 Å². The Labute approximate surface area is 241 Å². The average Bonchev–Trinajstić information content (AvgIpc) is 3.27. The fourth-order valence-corrected chi connectivity index (χ4v) is 10.2. The summed E-state index contributed by atoms with van der Waals surface area (Å²) in [4.78, 5) is 10.3. The summed E-state index contributed by atoms with van der Waals surface area (Å²) in [7, 11) is -1.96. The molecular formula is C38H30N2Si. The molecule has 0 saturated heterocycles. The van der Waals surface area contributed by atoms with E-state index < -0.39 is 8.07 Å². The van der Waals surface area contributed by atoms with Crippen LogP contribution >= 0.6 is 0 Å². The summed E-state index contributed by atoms with van der Waals surface area (Å²) in [5.41, 5.74) is 7.16. The van der Waals surface area contributed by atoms with Gasteiger partial charge in [-0.05, 0) is 71.5 Å². The van der Waals surface area contributed by atoms with Gasteiger partial charge in [-0.25, -0.2) is 9.97 Å². The molecular weight excluding hydrogens is 513 g/mol. The van der Waals surface area contributed by atoms with Crippen LogP contribution in [0, 0.1) is 0 Å². The van der Waals surface area contributed by atoms with Gasteiger partial charge in [0.05, 0.1) is 11.4 Å². The highest BCUT2D eigenvalue weighted by molar-refractivity contribution is 7.04. The van der Waals surface area contributed by atoms with Crippen molar-refractivity contribution in [1.29, 1.82) is 0 Å². The number of fused-ring (bicyclic) bond motifs is 9. The Morgan fingerprint density at radius 2 is 1.07 bits per heavy atom. The molecule has 0 radical (unpaired) electrons. The van der Waals surface area contributed by atoms with Crippen molar-refractivity contribution in [2.75, 3.05) is 0 Å². The Kier molecular flexibility index (Phi) is 5.29. The number of aryl methyl sites for hydroxylation is 1. The van der Waals surface area contributed by atoms with Crippen molar-refractivity contribution in [3.05, 3.63) is 121 Å². The minimum atomic E-state index is -1.96. The first kappa shape index (κ1) is 24.2. The van der Waals surface area contributed by atoms with Gasteiger partial charge < -0.3 is 0 Å². The van der Waals surface area contributed by atoms with E-state index in [4.69, 9.17) is 9.97 Å². The summed E-state index contributed by atoms with van der Waals surface area (Å²) in [6.45, 7) is 7.03. The number of benzene rings is 6. The molecule has 2 heterocycles. The maximum absolute atomic E-state index is 5.20. The number of nitrogens with zero attached hydrogens (tertiary/aromatic N) is 2. The van der Waals surface area contributed by atoms with Crippen molar-refractivity contribution in [2.45, 2.75) is 26.4 Å². The molecule has 7 aromatic rings. The monoisotopic (exact) mass is 542 g/mol. The molecule has 2 nitrogen and oxygen atoms in total. The van der Waals surface area contributed by atoms with Gasteiger partial charge in [-0.15, -0.1) is 0 Å². The molecule has 0 amide bonds. The molecule has 1 aliphatic rings. The van der Waals surface area contributed by atoms with Crippen LogP contribution in [-0.2, 0) is 6.42 Å². The van der Waals surface area contributed by atoms with Crippen LogP contribution < -0.4 is 10.4 Å². The van der Waals surface area contributed by atoms with Crippen molar-refractivity contribution in [1.82, 2.24) is 9.97 Å². The van der Waals surface area contributed by atoms with Crippen LogP contribution in [0.15, 0.2) is 115 Å². The fourth-order valence-electron chi connectivity index (χ4n) is 6.96. The lowest BCUT2D eigenvalue weighted by molar-refractivity contribution is 0.952. The van der Waals surface area contributed by atoms with Gasteiger partial charge in [0.15, 0.2) is 0 Å². The maximum atomic E-state index is 5.20. The Balaban J connectivity index is 1.34. The van der Waals surface area contributed by atoms with Gasteiger partial charge in [-0.2, -0.15) is 0 Å². The number of rotatable bonds is 3. The van der Waals surface area contributed by atoms with E-state index in [1.165, 1.54) is 64.9 Å². The van der Waals surface area contributed by atoms with E-state index in [0.29, 0.717) is 0 Å². The number of hydrogen-bond donors (Lipinski definition) is 0. The Morgan fingerprint density at radius 1 is 0.512 bits per heavy atom. The first-order valence-electron chi connectivity index (χ1n) is 14.5. The number of aromatic nitrogens is 2. The van der Waals surface area contributed by atoms with E-state index in [2.05, 4.69) is 135 Å². The second-order valence-electron chi connectivity index (χ2n) is 11.7. The standard InChI is InChI=1S/C38H30N2Si/c1-4-35-39-36(38-37(40-35)32-18-9-10-19-34(32)41(38,2)3)26-13-11-12-24(22-26)25-20-21-31-29-16-6-5-14-27(29)28-15-7-8-17-30(28)33(31)23-25/h5-23H,4H2,1-3H3. The molecule has 41 heavy (non-hydrogen) atoms. The second kappa shape index (κ2) is 8.95. The average molecular weight is 543 g/mol. The highest BCUT2D eigenvalue weighted by Crippen LogP contribution is 2.38. The van der Waals surface area contributed by atoms with E-state index in [-0.39, 0.29) is 0 Å². The predicted octanol–water partition coefficient (Wildman–Crippen LogP) is 8.64. The lowest BCUT2D eigenvalue weighted by Crippen LogP contribution is -2.50. The molecule has 0 bridgehead atoms. The van der Waals surface area contributed by atoms with Gasteiger partial charge >= 0.3 is 0 Å². The highest BCUT2D eigenvalue weighted by atomic mass is 28.3.